The Bertz CT molecular complexity index is 889. The zero-order chi connectivity index (χ0) is 25.0. The van der Waals surface area contributed by atoms with E-state index in [4.69, 9.17) is 4.74 Å². The van der Waals surface area contributed by atoms with Crippen molar-refractivity contribution >= 4 is 39.2 Å². The number of hydrogen-bond donors (Lipinski definition) is 2. The number of methoxy groups -OCH3 is 1. The summed E-state index contributed by atoms with van der Waals surface area (Å²) in [5.74, 6) is 1.70. The van der Waals surface area contributed by atoms with Crippen LogP contribution in [0.3, 0.4) is 0 Å². The molecule has 0 saturated heterocycles. The summed E-state index contributed by atoms with van der Waals surface area (Å²) in [6.45, 7) is 20.0. The Morgan fingerprint density at radius 1 is 1.26 bits per heavy atom. The highest BCUT2D eigenvalue weighted by Crippen LogP contribution is 2.38. The van der Waals surface area contributed by atoms with Crippen molar-refractivity contribution < 1.29 is 4.74 Å². The molecule has 2 N–H and O–H groups in total. The third-order valence-electron chi connectivity index (χ3n) is 5.44. The van der Waals surface area contributed by atoms with Crippen molar-refractivity contribution in [3.8, 4) is 5.75 Å². The Hall–Kier alpha value is -1.70. The molecule has 5 nitrogen and oxygen atoms in total. The third kappa shape index (κ3) is 9.51. The molecule has 0 aliphatic rings. The van der Waals surface area contributed by atoms with Crippen LogP contribution in [0.1, 0.15) is 54.0 Å². The topological polar surface area (TPSA) is 49.4 Å². The minimum atomic E-state index is 0. The van der Waals surface area contributed by atoms with E-state index in [1.54, 1.807) is 18.9 Å². The van der Waals surface area contributed by atoms with Crippen molar-refractivity contribution in [1.29, 1.82) is 0 Å². The van der Waals surface area contributed by atoms with Crippen LogP contribution in [0, 0.1) is 12.3 Å². The maximum absolute atomic E-state index is 5.40. The SMILES string of the molecule is C.C=C(Sc1cc(OC)ccc1Br)N(CCNCC(C)(C)CC)c1ccnc(NC)c1C.CC. The number of halogens is 1. The van der Waals surface area contributed by atoms with Gasteiger partial charge < -0.3 is 20.3 Å². The predicted molar refractivity (Wildman–Crippen MR) is 157 cm³/mol. The summed E-state index contributed by atoms with van der Waals surface area (Å²) in [5.41, 5.74) is 2.49. The number of aromatic nitrogens is 1. The van der Waals surface area contributed by atoms with Crippen molar-refractivity contribution in [2.45, 2.75) is 60.3 Å². The fourth-order valence-corrected chi connectivity index (χ4v) is 4.45. The van der Waals surface area contributed by atoms with Gasteiger partial charge in [-0.2, -0.15) is 0 Å². The van der Waals surface area contributed by atoms with E-state index in [9.17, 15) is 0 Å². The van der Waals surface area contributed by atoms with Crippen LogP contribution < -0.4 is 20.3 Å². The van der Waals surface area contributed by atoms with Crippen molar-refractivity contribution in [2.24, 2.45) is 5.41 Å². The first-order valence-electron chi connectivity index (χ1n) is 11.5. The van der Waals surface area contributed by atoms with Gasteiger partial charge in [0.2, 0.25) is 0 Å². The molecule has 1 aromatic heterocycles. The van der Waals surface area contributed by atoms with Gasteiger partial charge in [-0.3, -0.25) is 0 Å². The zero-order valence-electron chi connectivity index (χ0n) is 21.5. The normalized spacial score (nSPS) is 10.5. The van der Waals surface area contributed by atoms with E-state index in [2.05, 4.69) is 76.8 Å². The number of benzene rings is 1. The molecule has 1 aromatic carbocycles. The Kier molecular flexibility index (Phi) is 15.3. The second-order valence-electron chi connectivity index (χ2n) is 8.19. The van der Waals surface area contributed by atoms with E-state index >= 15 is 0 Å². The van der Waals surface area contributed by atoms with Gasteiger partial charge in [-0.15, -0.1) is 0 Å². The van der Waals surface area contributed by atoms with E-state index in [1.807, 2.05) is 45.3 Å². The Labute approximate surface area is 221 Å². The quantitative estimate of drug-likeness (QED) is 0.205. The van der Waals surface area contributed by atoms with Crippen molar-refractivity contribution in [3.05, 3.63) is 52.1 Å². The van der Waals surface area contributed by atoms with Crippen LogP contribution in [-0.2, 0) is 0 Å². The Morgan fingerprint density at radius 3 is 2.53 bits per heavy atom. The molecule has 192 valence electrons. The smallest absolute Gasteiger partial charge is 0.130 e. The van der Waals surface area contributed by atoms with E-state index in [0.717, 1.165) is 63.3 Å². The lowest BCUT2D eigenvalue weighted by Gasteiger charge is -2.30. The molecule has 0 amide bonds. The molecule has 0 spiro atoms. The van der Waals surface area contributed by atoms with Crippen LogP contribution in [0.2, 0.25) is 0 Å². The molecule has 0 aliphatic heterocycles. The molecule has 7 heteroatoms. The van der Waals surface area contributed by atoms with Gasteiger partial charge in [-0.05, 0) is 59.0 Å². The van der Waals surface area contributed by atoms with E-state index in [1.165, 1.54) is 0 Å². The molecule has 1 heterocycles. The standard InChI is InChI=1S/C24H35BrN4OS.C2H6.CH4/c1-8-24(4,5)16-27-13-14-29(21-11-12-28-23(26-6)17(21)2)18(3)31-22-15-19(30-7)9-10-20(22)25;1-2;/h9-12,15,27H,3,8,13-14,16H2,1-2,4-7H3,(H,26,28);1-2H3;1H4. The Balaban J connectivity index is 0.00000353. The first-order valence-corrected chi connectivity index (χ1v) is 13.1. The van der Waals surface area contributed by atoms with E-state index in [-0.39, 0.29) is 12.8 Å². The summed E-state index contributed by atoms with van der Waals surface area (Å²) >= 11 is 5.28. The molecule has 0 saturated carbocycles. The molecular formula is C27H45BrN4OS. The highest BCUT2D eigenvalue weighted by atomic mass is 79.9. The van der Waals surface area contributed by atoms with E-state index < -0.39 is 0 Å². The summed E-state index contributed by atoms with van der Waals surface area (Å²) in [6, 6.07) is 8.03. The van der Waals surface area contributed by atoms with Gasteiger partial charge >= 0.3 is 0 Å². The summed E-state index contributed by atoms with van der Waals surface area (Å²) in [7, 11) is 3.58. The first-order chi connectivity index (χ1) is 15.7. The Morgan fingerprint density at radius 2 is 1.94 bits per heavy atom. The number of nitrogens with one attached hydrogen (secondary N) is 2. The lowest BCUT2D eigenvalue weighted by atomic mass is 9.90. The fraction of sp³-hybridized carbons (Fsp3) is 0.519. The van der Waals surface area contributed by atoms with Gasteiger partial charge in [0, 0.05) is 53.5 Å². The largest absolute Gasteiger partial charge is 0.497 e. The summed E-state index contributed by atoms with van der Waals surface area (Å²) in [5, 5.41) is 7.75. The predicted octanol–water partition coefficient (Wildman–Crippen LogP) is 7.96. The second kappa shape index (κ2) is 16.1. The molecule has 0 unspecified atom stereocenters. The van der Waals surface area contributed by atoms with Gasteiger partial charge in [-0.1, -0.05) is 60.4 Å². The van der Waals surface area contributed by atoms with Gasteiger partial charge in [-0.25, -0.2) is 4.98 Å². The number of pyridine rings is 1. The second-order valence-corrected chi connectivity index (χ2v) is 10.2. The minimum absolute atomic E-state index is 0. The van der Waals surface area contributed by atoms with Crippen molar-refractivity contribution in [2.75, 3.05) is 44.0 Å². The number of rotatable bonds is 12. The van der Waals surface area contributed by atoms with Gasteiger partial charge in [0.15, 0.2) is 0 Å². The summed E-state index contributed by atoms with van der Waals surface area (Å²) in [4.78, 5) is 7.77. The molecular weight excluding hydrogens is 508 g/mol. The van der Waals surface area contributed by atoms with Gasteiger partial charge in [0.25, 0.3) is 0 Å². The average molecular weight is 554 g/mol. The lowest BCUT2D eigenvalue weighted by molar-refractivity contribution is 0.330. The number of hydrogen-bond acceptors (Lipinski definition) is 6. The molecule has 34 heavy (non-hydrogen) atoms. The van der Waals surface area contributed by atoms with Crippen LogP contribution in [0.15, 0.2) is 51.4 Å². The minimum Gasteiger partial charge on any atom is -0.497 e. The highest BCUT2D eigenvalue weighted by molar-refractivity contribution is 9.10. The molecule has 0 radical (unpaired) electrons. The van der Waals surface area contributed by atoms with Crippen LogP contribution in [-0.4, -0.2) is 38.8 Å². The molecule has 2 rings (SSSR count). The molecule has 0 bridgehead atoms. The number of anilines is 2. The maximum atomic E-state index is 5.40. The number of thioether (sulfide) groups is 1. The van der Waals surface area contributed by atoms with Crippen molar-refractivity contribution in [1.82, 2.24) is 10.3 Å². The van der Waals surface area contributed by atoms with Crippen LogP contribution >= 0.6 is 27.7 Å². The van der Waals surface area contributed by atoms with Gasteiger partial charge in [0.1, 0.15) is 11.6 Å². The maximum Gasteiger partial charge on any atom is 0.130 e. The highest BCUT2D eigenvalue weighted by Gasteiger charge is 2.19. The first kappa shape index (κ1) is 32.3. The number of nitrogens with zero attached hydrogens (tertiary/aromatic N) is 2. The third-order valence-corrected chi connectivity index (χ3v) is 7.41. The number of ether oxygens (including phenoxy) is 1. The summed E-state index contributed by atoms with van der Waals surface area (Å²) in [6.07, 6.45) is 2.99. The average Bonchev–Trinajstić information content (AvgIpc) is 2.82. The zero-order valence-corrected chi connectivity index (χ0v) is 23.9. The molecule has 0 aliphatic carbocycles. The monoisotopic (exact) mass is 552 g/mol. The van der Waals surface area contributed by atoms with Crippen LogP contribution in [0.25, 0.3) is 0 Å². The van der Waals surface area contributed by atoms with E-state index in [0.29, 0.717) is 0 Å². The lowest BCUT2D eigenvalue weighted by Crippen LogP contribution is -2.35. The fourth-order valence-electron chi connectivity index (χ4n) is 3.06. The van der Waals surface area contributed by atoms with Crippen LogP contribution in [0.5, 0.6) is 5.75 Å². The van der Waals surface area contributed by atoms with Crippen LogP contribution in [0.4, 0.5) is 11.5 Å². The molecule has 0 fully saturated rings. The molecule has 2 aromatic rings. The molecule has 0 atom stereocenters. The van der Waals surface area contributed by atoms with Crippen molar-refractivity contribution in [3.63, 3.8) is 0 Å². The summed E-state index contributed by atoms with van der Waals surface area (Å²) < 4.78 is 6.42. The van der Waals surface area contributed by atoms with Gasteiger partial charge in [0.05, 0.1) is 12.1 Å².